The highest BCUT2D eigenvalue weighted by molar-refractivity contribution is 7.09. The fourth-order valence-electron chi connectivity index (χ4n) is 0.456. The number of nitrogens with zero attached hydrogens (tertiary/aromatic N) is 2. The van der Waals surface area contributed by atoms with Crippen molar-refractivity contribution in [3.8, 4) is 0 Å². The summed E-state index contributed by atoms with van der Waals surface area (Å²) in [5.41, 5.74) is 0. The Bertz CT molecular complexity index is 225. The molecule has 54 valence electrons. The van der Waals surface area contributed by atoms with Gasteiger partial charge in [-0.15, -0.1) is 5.16 Å². The lowest BCUT2D eigenvalue weighted by Crippen LogP contribution is -1.82. The molecule has 0 radical (unpaired) electrons. The molecule has 0 aliphatic carbocycles. The van der Waals surface area contributed by atoms with Crippen molar-refractivity contribution in [1.82, 2.24) is 4.98 Å². The second kappa shape index (κ2) is 3.26. The molecule has 0 aromatic carbocycles. The Hall–Kier alpha value is -0.970. The van der Waals surface area contributed by atoms with E-state index in [0.717, 1.165) is 17.5 Å². The van der Waals surface area contributed by atoms with Crippen LogP contribution in [0.1, 0.15) is 5.01 Å². The van der Waals surface area contributed by atoms with Crippen molar-refractivity contribution >= 4 is 18.1 Å². The number of halogens is 1. The summed E-state index contributed by atoms with van der Waals surface area (Å²) in [7, 11) is 0. The van der Waals surface area contributed by atoms with Gasteiger partial charge < -0.3 is 4.84 Å². The molecule has 1 heterocycles. The van der Waals surface area contributed by atoms with Gasteiger partial charge in [0.15, 0.2) is 11.7 Å². The Kier molecular flexibility index (Phi) is 2.33. The van der Waals surface area contributed by atoms with Crippen LogP contribution in [0.3, 0.4) is 0 Å². The van der Waals surface area contributed by atoms with Gasteiger partial charge in [0.05, 0.1) is 6.20 Å². The van der Waals surface area contributed by atoms with Crippen molar-refractivity contribution in [3.63, 3.8) is 0 Å². The van der Waals surface area contributed by atoms with Crippen LogP contribution in [0.5, 0.6) is 0 Å². The summed E-state index contributed by atoms with van der Waals surface area (Å²) in [6, 6.07) is 0. The van der Waals surface area contributed by atoms with Crippen molar-refractivity contribution in [3.05, 3.63) is 16.3 Å². The van der Waals surface area contributed by atoms with Gasteiger partial charge in [-0.2, -0.15) is 4.39 Å². The standard InChI is InChI=1S/C5H5FN2OS/c1-7-9-3-5-8-2-4(6)10-5/h2H,1,3H2. The lowest BCUT2D eigenvalue weighted by molar-refractivity contribution is 0.133. The van der Waals surface area contributed by atoms with Gasteiger partial charge in [-0.25, -0.2) is 4.98 Å². The summed E-state index contributed by atoms with van der Waals surface area (Å²) >= 11 is 0.937. The summed E-state index contributed by atoms with van der Waals surface area (Å²) in [5, 5.41) is 3.38. The average Bonchev–Trinajstić information content (AvgIpc) is 2.31. The maximum absolute atomic E-state index is 12.2. The summed E-state index contributed by atoms with van der Waals surface area (Å²) in [5.74, 6) is 0. The van der Waals surface area contributed by atoms with Crippen LogP contribution in [0, 0.1) is 5.13 Å². The van der Waals surface area contributed by atoms with Crippen LogP contribution < -0.4 is 0 Å². The molecule has 1 aromatic heterocycles. The second-order valence-electron chi connectivity index (χ2n) is 1.46. The highest BCUT2D eigenvalue weighted by atomic mass is 32.1. The lowest BCUT2D eigenvalue weighted by Gasteiger charge is -1.89. The fourth-order valence-corrected chi connectivity index (χ4v) is 1.00. The quantitative estimate of drug-likeness (QED) is 0.495. The number of hydrogen-bond acceptors (Lipinski definition) is 4. The second-order valence-corrected chi connectivity index (χ2v) is 2.53. The third-order valence-corrected chi connectivity index (χ3v) is 1.56. The Labute approximate surface area is 61.1 Å². The van der Waals surface area contributed by atoms with Gasteiger partial charge in [0.25, 0.3) is 0 Å². The summed E-state index contributed by atoms with van der Waals surface area (Å²) < 4.78 is 12.2. The first-order chi connectivity index (χ1) is 4.83. The van der Waals surface area contributed by atoms with Crippen LogP contribution in [-0.2, 0) is 11.4 Å². The Morgan fingerprint density at radius 1 is 1.90 bits per heavy atom. The molecule has 0 saturated heterocycles. The van der Waals surface area contributed by atoms with Crippen molar-refractivity contribution in [2.75, 3.05) is 0 Å². The van der Waals surface area contributed by atoms with Crippen LogP contribution in [0.15, 0.2) is 11.4 Å². The van der Waals surface area contributed by atoms with Crippen LogP contribution in [0.4, 0.5) is 4.39 Å². The highest BCUT2D eigenvalue weighted by Gasteiger charge is 1.99. The first-order valence-corrected chi connectivity index (χ1v) is 3.33. The molecule has 1 aromatic rings. The predicted octanol–water partition coefficient (Wildman–Crippen LogP) is 1.41. The number of rotatable bonds is 3. The maximum atomic E-state index is 12.2. The molecule has 5 heteroatoms. The van der Waals surface area contributed by atoms with Crippen molar-refractivity contribution in [1.29, 1.82) is 0 Å². The third kappa shape index (κ3) is 1.77. The van der Waals surface area contributed by atoms with Crippen LogP contribution >= 0.6 is 11.3 Å². The fraction of sp³-hybridized carbons (Fsp3) is 0.200. The molecular formula is C5H5FN2OS. The molecule has 0 saturated carbocycles. The van der Waals surface area contributed by atoms with Gasteiger partial charge in [-0.3, -0.25) is 0 Å². The van der Waals surface area contributed by atoms with E-state index in [-0.39, 0.29) is 11.7 Å². The minimum Gasteiger partial charge on any atom is -0.389 e. The molecule has 3 nitrogen and oxygen atoms in total. The molecule has 1 rings (SSSR count). The summed E-state index contributed by atoms with van der Waals surface area (Å²) in [6.07, 6.45) is 1.15. The van der Waals surface area contributed by atoms with E-state index in [1.165, 1.54) is 0 Å². The van der Waals surface area contributed by atoms with E-state index in [0.29, 0.717) is 5.01 Å². The van der Waals surface area contributed by atoms with Crippen molar-refractivity contribution in [2.24, 2.45) is 5.16 Å². The van der Waals surface area contributed by atoms with Gasteiger partial charge in [-0.05, 0) is 0 Å². The topological polar surface area (TPSA) is 34.5 Å². The van der Waals surface area contributed by atoms with Crippen molar-refractivity contribution < 1.29 is 9.23 Å². The van der Waals surface area contributed by atoms with Gasteiger partial charge in [-0.1, -0.05) is 11.3 Å². The van der Waals surface area contributed by atoms with E-state index in [1.807, 2.05) is 0 Å². The summed E-state index contributed by atoms with van der Waals surface area (Å²) in [6.45, 7) is 3.29. The monoisotopic (exact) mass is 160 g/mol. The van der Waals surface area contributed by atoms with Gasteiger partial charge in [0.2, 0.25) is 0 Å². The van der Waals surface area contributed by atoms with Crippen molar-refractivity contribution in [2.45, 2.75) is 6.61 Å². The highest BCUT2D eigenvalue weighted by Crippen LogP contribution is 2.10. The minimum absolute atomic E-state index is 0.193. The van der Waals surface area contributed by atoms with E-state index < -0.39 is 0 Å². The van der Waals surface area contributed by atoms with E-state index in [1.54, 1.807) is 0 Å². The van der Waals surface area contributed by atoms with Gasteiger partial charge in [0.1, 0.15) is 5.01 Å². The maximum Gasteiger partial charge on any atom is 0.196 e. The average molecular weight is 160 g/mol. The molecule has 0 N–H and O–H groups in total. The zero-order chi connectivity index (χ0) is 7.40. The zero-order valence-electron chi connectivity index (χ0n) is 5.08. The molecule has 0 aliphatic heterocycles. The molecule has 0 amide bonds. The Morgan fingerprint density at radius 3 is 3.20 bits per heavy atom. The van der Waals surface area contributed by atoms with E-state index in [4.69, 9.17) is 0 Å². The smallest absolute Gasteiger partial charge is 0.196 e. The molecular weight excluding hydrogens is 155 g/mol. The number of oxime groups is 1. The van der Waals surface area contributed by atoms with Gasteiger partial charge in [0, 0.05) is 6.72 Å². The molecule has 0 unspecified atom stereocenters. The Balaban J connectivity index is 2.49. The summed E-state index contributed by atoms with van der Waals surface area (Å²) in [4.78, 5) is 8.21. The van der Waals surface area contributed by atoms with E-state index in [9.17, 15) is 4.39 Å². The van der Waals surface area contributed by atoms with Gasteiger partial charge >= 0.3 is 0 Å². The van der Waals surface area contributed by atoms with E-state index in [2.05, 4.69) is 21.7 Å². The molecule has 0 spiro atoms. The first kappa shape index (κ1) is 7.14. The minimum atomic E-state index is -0.317. The van der Waals surface area contributed by atoms with E-state index >= 15 is 0 Å². The lowest BCUT2D eigenvalue weighted by atomic mass is 10.8. The molecule has 0 bridgehead atoms. The van der Waals surface area contributed by atoms with Crippen LogP contribution in [-0.4, -0.2) is 11.7 Å². The molecule has 0 aliphatic rings. The number of thiazole rings is 1. The Morgan fingerprint density at radius 2 is 2.70 bits per heavy atom. The SMILES string of the molecule is C=NOCc1ncc(F)s1. The number of aromatic nitrogens is 1. The number of hydrogen-bond donors (Lipinski definition) is 0. The molecule has 0 atom stereocenters. The predicted molar refractivity (Wildman–Crippen MR) is 36.4 cm³/mol. The van der Waals surface area contributed by atoms with Crippen LogP contribution in [0.2, 0.25) is 0 Å². The normalized spacial score (nSPS) is 9.30. The first-order valence-electron chi connectivity index (χ1n) is 2.51. The third-order valence-electron chi connectivity index (χ3n) is 0.805. The largest absolute Gasteiger partial charge is 0.389 e. The zero-order valence-corrected chi connectivity index (χ0v) is 5.90. The molecule has 10 heavy (non-hydrogen) atoms. The molecule has 0 fully saturated rings. The van der Waals surface area contributed by atoms with Crippen LogP contribution in [0.25, 0.3) is 0 Å².